The van der Waals surface area contributed by atoms with E-state index < -0.39 is 0 Å². The number of aryl methyl sites for hydroxylation is 2. The SMILES string of the molecule is CCc1ccc(CC(=O)N2CCN(c3nc4ccc(C)cc4s3)CC2)cc1. The molecule has 0 unspecified atom stereocenters. The Kier molecular flexibility index (Phi) is 5.12. The van der Waals surface area contributed by atoms with E-state index in [2.05, 4.69) is 61.2 Å². The van der Waals surface area contributed by atoms with Gasteiger partial charge in [-0.25, -0.2) is 4.98 Å². The van der Waals surface area contributed by atoms with Gasteiger partial charge in [-0.1, -0.05) is 48.6 Å². The highest BCUT2D eigenvalue weighted by molar-refractivity contribution is 7.22. The van der Waals surface area contributed by atoms with Crippen LogP contribution < -0.4 is 4.90 Å². The Morgan fingerprint density at radius 1 is 1.04 bits per heavy atom. The summed E-state index contributed by atoms with van der Waals surface area (Å²) in [5.74, 6) is 0.221. The van der Waals surface area contributed by atoms with Gasteiger partial charge in [0.05, 0.1) is 16.6 Å². The number of hydrogen-bond acceptors (Lipinski definition) is 4. The summed E-state index contributed by atoms with van der Waals surface area (Å²) in [6, 6.07) is 14.8. The Morgan fingerprint density at radius 2 is 1.74 bits per heavy atom. The number of carbonyl (C=O) groups excluding carboxylic acids is 1. The molecular weight excluding hydrogens is 354 g/mol. The minimum Gasteiger partial charge on any atom is -0.345 e. The molecule has 4 nitrogen and oxygen atoms in total. The Labute approximate surface area is 164 Å². The predicted octanol–water partition coefficient (Wildman–Crippen LogP) is 4.06. The third-order valence-corrected chi connectivity index (χ3v) is 6.30. The normalized spacial score (nSPS) is 14.7. The van der Waals surface area contributed by atoms with E-state index in [1.54, 1.807) is 11.3 Å². The standard InChI is InChI=1S/C22H25N3OS/c1-3-17-5-7-18(8-6-17)15-21(26)24-10-12-25(13-11-24)22-23-19-9-4-16(2)14-20(19)27-22/h4-9,14H,3,10-13,15H2,1-2H3. The lowest BCUT2D eigenvalue weighted by Gasteiger charge is -2.34. The first-order valence-corrected chi connectivity index (χ1v) is 10.4. The number of amides is 1. The van der Waals surface area contributed by atoms with Gasteiger partial charge in [-0.05, 0) is 42.2 Å². The predicted molar refractivity (Wildman–Crippen MR) is 113 cm³/mol. The molecule has 0 spiro atoms. The molecular formula is C22H25N3OS. The van der Waals surface area contributed by atoms with Crippen molar-refractivity contribution in [1.29, 1.82) is 0 Å². The molecule has 1 fully saturated rings. The van der Waals surface area contributed by atoms with Gasteiger partial charge in [-0.3, -0.25) is 4.79 Å². The molecule has 0 aliphatic carbocycles. The van der Waals surface area contributed by atoms with E-state index in [0.29, 0.717) is 6.42 Å². The van der Waals surface area contributed by atoms with E-state index in [4.69, 9.17) is 4.98 Å². The molecule has 0 saturated carbocycles. The van der Waals surface area contributed by atoms with Gasteiger partial charge in [-0.2, -0.15) is 0 Å². The molecule has 1 aliphatic heterocycles. The smallest absolute Gasteiger partial charge is 0.227 e. The molecule has 3 aromatic rings. The van der Waals surface area contributed by atoms with Crippen molar-refractivity contribution < 1.29 is 4.79 Å². The summed E-state index contributed by atoms with van der Waals surface area (Å²) < 4.78 is 1.24. The molecule has 27 heavy (non-hydrogen) atoms. The van der Waals surface area contributed by atoms with Crippen molar-refractivity contribution in [3.8, 4) is 0 Å². The number of carbonyl (C=O) groups is 1. The summed E-state index contributed by atoms with van der Waals surface area (Å²) in [6.45, 7) is 7.48. The van der Waals surface area contributed by atoms with Gasteiger partial charge in [0.15, 0.2) is 5.13 Å². The number of hydrogen-bond donors (Lipinski definition) is 0. The number of nitrogens with zero attached hydrogens (tertiary/aromatic N) is 3. The zero-order valence-electron chi connectivity index (χ0n) is 15.9. The van der Waals surface area contributed by atoms with E-state index in [1.165, 1.54) is 15.8 Å². The topological polar surface area (TPSA) is 36.4 Å². The quantitative estimate of drug-likeness (QED) is 0.686. The maximum atomic E-state index is 12.6. The molecule has 1 saturated heterocycles. The number of aromatic nitrogens is 1. The zero-order chi connectivity index (χ0) is 18.8. The highest BCUT2D eigenvalue weighted by atomic mass is 32.1. The second-order valence-corrected chi connectivity index (χ2v) is 8.19. The maximum Gasteiger partial charge on any atom is 0.227 e. The average molecular weight is 380 g/mol. The van der Waals surface area contributed by atoms with Crippen LogP contribution in [0.4, 0.5) is 5.13 Å². The van der Waals surface area contributed by atoms with Crippen LogP contribution in [0.1, 0.15) is 23.6 Å². The van der Waals surface area contributed by atoms with E-state index >= 15 is 0 Å². The highest BCUT2D eigenvalue weighted by Crippen LogP contribution is 2.30. The number of piperazine rings is 1. The third-order valence-electron chi connectivity index (χ3n) is 5.22. The second kappa shape index (κ2) is 7.69. The van der Waals surface area contributed by atoms with Crippen LogP contribution in [0.3, 0.4) is 0 Å². The Hall–Kier alpha value is -2.40. The summed E-state index contributed by atoms with van der Waals surface area (Å²) >= 11 is 1.75. The van der Waals surface area contributed by atoms with E-state index in [9.17, 15) is 4.79 Å². The lowest BCUT2D eigenvalue weighted by atomic mass is 10.1. The number of benzene rings is 2. The number of rotatable bonds is 4. The summed E-state index contributed by atoms with van der Waals surface area (Å²) in [4.78, 5) is 21.7. The van der Waals surface area contributed by atoms with E-state index in [-0.39, 0.29) is 5.91 Å². The highest BCUT2D eigenvalue weighted by Gasteiger charge is 2.23. The molecule has 0 bridgehead atoms. The van der Waals surface area contributed by atoms with Crippen molar-refractivity contribution in [2.75, 3.05) is 31.1 Å². The van der Waals surface area contributed by atoms with Gasteiger partial charge in [0.2, 0.25) is 5.91 Å². The molecule has 0 N–H and O–H groups in total. The molecule has 0 atom stereocenters. The largest absolute Gasteiger partial charge is 0.345 e. The Balaban J connectivity index is 1.36. The fourth-order valence-electron chi connectivity index (χ4n) is 3.48. The van der Waals surface area contributed by atoms with Crippen LogP contribution >= 0.6 is 11.3 Å². The summed E-state index contributed by atoms with van der Waals surface area (Å²) in [7, 11) is 0. The molecule has 1 amide bonds. The molecule has 140 valence electrons. The molecule has 2 aromatic carbocycles. The van der Waals surface area contributed by atoms with Crippen LogP contribution in [-0.4, -0.2) is 42.0 Å². The minimum absolute atomic E-state index is 0.221. The minimum atomic E-state index is 0.221. The van der Waals surface area contributed by atoms with Crippen molar-refractivity contribution in [2.24, 2.45) is 0 Å². The third kappa shape index (κ3) is 3.98. The van der Waals surface area contributed by atoms with Crippen LogP contribution in [0, 0.1) is 6.92 Å². The average Bonchev–Trinajstić information content (AvgIpc) is 3.12. The summed E-state index contributed by atoms with van der Waals surface area (Å²) in [5, 5.41) is 1.07. The summed E-state index contributed by atoms with van der Waals surface area (Å²) in [5.41, 5.74) is 4.74. The van der Waals surface area contributed by atoms with Gasteiger partial charge in [-0.15, -0.1) is 0 Å². The Bertz CT molecular complexity index is 940. The fourth-order valence-corrected chi connectivity index (χ4v) is 4.60. The van der Waals surface area contributed by atoms with Crippen molar-refractivity contribution in [1.82, 2.24) is 9.88 Å². The van der Waals surface area contributed by atoms with E-state index in [0.717, 1.165) is 48.8 Å². The number of fused-ring (bicyclic) bond motifs is 1. The van der Waals surface area contributed by atoms with Gasteiger partial charge in [0.1, 0.15) is 0 Å². The van der Waals surface area contributed by atoms with Crippen molar-refractivity contribution >= 4 is 32.6 Å². The molecule has 5 heteroatoms. The lowest BCUT2D eigenvalue weighted by Crippen LogP contribution is -2.49. The van der Waals surface area contributed by atoms with Crippen LogP contribution in [0.2, 0.25) is 0 Å². The van der Waals surface area contributed by atoms with Gasteiger partial charge in [0.25, 0.3) is 0 Å². The second-order valence-electron chi connectivity index (χ2n) is 7.18. The van der Waals surface area contributed by atoms with Crippen LogP contribution in [0.25, 0.3) is 10.2 Å². The number of anilines is 1. The van der Waals surface area contributed by atoms with Crippen molar-refractivity contribution in [3.05, 3.63) is 59.2 Å². The van der Waals surface area contributed by atoms with Crippen LogP contribution in [-0.2, 0) is 17.6 Å². The molecule has 0 radical (unpaired) electrons. The molecule has 1 aliphatic rings. The number of thiazole rings is 1. The fraction of sp³-hybridized carbons (Fsp3) is 0.364. The van der Waals surface area contributed by atoms with Gasteiger partial charge in [0, 0.05) is 26.2 Å². The van der Waals surface area contributed by atoms with Crippen molar-refractivity contribution in [3.63, 3.8) is 0 Å². The monoisotopic (exact) mass is 379 g/mol. The first kappa shape index (κ1) is 18.0. The van der Waals surface area contributed by atoms with Crippen molar-refractivity contribution in [2.45, 2.75) is 26.7 Å². The Morgan fingerprint density at radius 3 is 2.44 bits per heavy atom. The summed E-state index contributed by atoms with van der Waals surface area (Å²) in [6.07, 6.45) is 1.52. The lowest BCUT2D eigenvalue weighted by molar-refractivity contribution is -0.130. The first-order chi connectivity index (χ1) is 13.1. The molecule has 4 rings (SSSR count). The van der Waals surface area contributed by atoms with Crippen LogP contribution in [0.15, 0.2) is 42.5 Å². The van der Waals surface area contributed by atoms with E-state index in [1.807, 2.05) is 4.90 Å². The van der Waals surface area contributed by atoms with Crippen LogP contribution in [0.5, 0.6) is 0 Å². The maximum absolute atomic E-state index is 12.6. The van der Waals surface area contributed by atoms with Gasteiger partial charge >= 0.3 is 0 Å². The first-order valence-electron chi connectivity index (χ1n) is 9.60. The molecule has 2 heterocycles. The van der Waals surface area contributed by atoms with Gasteiger partial charge < -0.3 is 9.80 Å². The molecule has 1 aromatic heterocycles. The zero-order valence-corrected chi connectivity index (χ0v) is 16.8.